The molecule has 14 heavy (non-hydrogen) atoms. The van der Waals surface area contributed by atoms with Gasteiger partial charge in [0.1, 0.15) is 5.60 Å². The highest BCUT2D eigenvalue weighted by Gasteiger charge is 2.18. The Bertz CT molecular complexity index is 327. The van der Waals surface area contributed by atoms with Crippen LogP contribution in [0.3, 0.4) is 0 Å². The fraction of sp³-hybridized carbons (Fsp3) is 0.444. The third-order valence-corrected chi connectivity index (χ3v) is 1.25. The van der Waals surface area contributed by atoms with Crippen LogP contribution in [0.1, 0.15) is 31.3 Å². The van der Waals surface area contributed by atoms with Crippen molar-refractivity contribution in [1.82, 2.24) is 9.97 Å². The Morgan fingerprint density at radius 2 is 2.00 bits per heavy atom. The van der Waals surface area contributed by atoms with Crippen LogP contribution in [0.25, 0.3) is 0 Å². The lowest BCUT2D eigenvalue weighted by atomic mass is 10.2. The Morgan fingerprint density at radius 3 is 2.43 bits per heavy atom. The second-order valence-electron chi connectivity index (χ2n) is 3.76. The first-order chi connectivity index (χ1) is 6.38. The molecule has 0 aliphatic carbocycles. The smallest absolute Gasteiger partial charge is 0.359 e. The fourth-order valence-corrected chi connectivity index (χ4v) is 0.757. The van der Waals surface area contributed by atoms with E-state index >= 15 is 0 Å². The van der Waals surface area contributed by atoms with Crippen LogP contribution in [0.2, 0.25) is 0 Å². The van der Waals surface area contributed by atoms with Crippen molar-refractivity contribution >= 4 is 5.97 Å². The van der Waals surface area contributed by atoms with Crippen molar-refractivity contribution in [2.24, 2.45) is 0 Å². The molecule has 0 unspecified atom stereocenters. The van der Waals surface area contributed by atoms with Gasteiger partial charge in [-0.05, 0) is 20.8 Å². The molecule has 0 fully saturated rings. The van der Waals surface area contributed by atoms with Crippen LogP contribution in [-0.2, 0) is 4.74 Å². The van der Waals surface area contributed by atoms with Gasteiger partial charge >= 0.3 is 5.97 Å². The minimum absolute atomic E-state index is 0.0812. The topological polar surface area (TPSA) is 72.3 Å². The summed E-state index contributed by atoms with van der Waals surface area (Å²) >= 11 is 0. The summed E-state index contributed by atoms with van der Waals surface area (Å²) < 4.78 is 5.04. The second-order valence-corrected chi connectivity index (χ2v) is 3.76. The number of aromatic hydroxyl groups is 1. The number of carbonyl (C=O) groups is 1. The number of aromatic nitrogens is 2. The van der Waals surface area contributed by atoms with Crippen LogP contribution in [0.4, 0.5) is 0 Å². The van der Waals surface area contributed by atoms with Crippen LogP contribution < -0.4 is 0 Å². The van der Waals surface area contributed by atoms with Gasteiger partial charge in [0.2, 0.25) is 5.88 Å². The van der Waals surface area contributed by atoms with Crippen LogP contribution in [0.15, 0.2) is 12.4 Å². The van der Waals surface area contributed by atoms with Crippen molar-refractivity contribution in [2.75, 3.05) is 0 Å². The maximum Gasteiger partial charge on any atom is 0.359 e. The van der Waals surface area contributed by atoms with E-state index in [1.165, 1.54) is 6.20 Å². The molecular weight excluding hydrogens is 184 g/mol. The van der Waals surface area contributed by atoms with Gasteiger partial charge in [-0.3, -0.25) is 0 Å². The minimum Gasteiger partial charge on any atom is -0.492 e. The molecule has 0 aromatic carbocycles. The molecule has 0 amide bonds. The average molecular weight is 196 g/mol. The molecule has 1 rings (SSSR count). The van der Waals surface area contributed by atoms with E-state index in [1.54, 1.807) is 20.8 Å². The van der Waals surface area contributed by atoms with Gasteiger partial charge in [0.15, 0.2) is 5.69 Å². The summed E-state index contributed by atoms with van der Waals surface area (Å²) in [6, 6.07) is 0. The highest BCUT2D eigenvalue weighted by Crippen LogP contribution is 2.10. The molecule has 0 saturated carbocycles. The van der Waals surface area contributed by atoms with E-state index in [9.17, 15) is 4.79 Å². The molecule has 0 radical (unpaired) electrons. The number of hydrogen-bond acceptors (Lipinski definition) is 5. The zero-order valence-electron chi connectivity index (χ0n) is 8.31. The van der Waals surface area contributed by atoms with Crippen LogP contribution in [0.5, 0.6) is 5.88 Å². The van der Waals surface area contributed by atoms with E-state index < -0.39 is 11.6 Å². The third-order valence-electron chi connectivity index (χ3n) is 1.25. The lowest BCUT2D eigenvalue weighted by Gasteiger charge is -2.18. The summed E-state index contributed by atoms with van der Waals surface area (Å²) in [5.41, 5.74) is -0.478. The summed E-state index contributed by atoms with van der Waals surface area (Å²) in [6.07, 6.45) is 2.27. The lowest BCUT2D eigenvalue weighted by Crippen LogP contribution is -2.24. The van der Waals surface area contributed by atoms with E-state index in [0.29, 0.717) is 0 Å². The zero-order chi connectivity index (χ0) is 10.8. The molecule has 1 heterocycles. The predicted molar refractivity (Wildman–Crippen MR) is 48.9 cm³/mol. The minimum atomic E-state index is -0.559. The molecule has 0 bridgehead atoms. The Balaban J connectivity index is 2.76. The standard InChI is InChI=1S/C9H12N2O3/c1-9(2,3)14-8(13)6-4-11-7(12)5-10-6/h4-5H,1-3H3,(H,11,12). The summed E-state index contributed by atoms with van der Waals surface area (Å²) in [6.45, 7) is 5.29. The van der Waals surface area contributed by atoms with Gasteiger partial charge in [-0.15, -0.1) is 0 Å². The largest absolute Gasteiger partial charge is 0.492 e. The normalized spacial score (nSPS) is 11.1. The van der Waals surface area contributed by atoms with Crippen molar-refractivity contribution in [3.63, 3.8) is 0 Å². The Kier molecular flexibility index (Phi) is 2.69. The Morgan fingerprint density at radius 1 is 1.36 bits per heavy atom. The fourth-order valence-electron chi connectivity index (χ4n) is 0.757. The lowest BCUT2D eigenvalue weighted by molar-refractivity contribution is 0.00623. The molecule has 1 aromatic heterocycles. The van der Waals surface area contributed by atoms with Crippen LogP contribution in [-0.4, -0.2) is 26.6 Å². The van der Waals surface area contributed by atoms with Crippen molar-refractivity contribution in [3.05, 3.63) is 18.1 Å². The Labute approximate surface area is 81.8 Å². The summed E-state index contributed by atoms with van der Waals surface area (Å²) in [4.78, 5) is 18.6. The second kappa shape index (κ2) is 3.61. The maximum absolute atomic E-state index is 11.4. The molecule has 5 nitrogen and oxygen atoms in total. The maximum atomic E-state index is 11.4. The molecule has 5 heteroatoms. The summed E-state index contributed by atoms with van der Waals surface area (Å²) in [5.74, 6) is -0.776. The van der Waals surface area contributed by atoms with E-state index in [-0.39, 0.29) is 11.6 Å². The van der Waals surface area contributed by atoms with Crippen LogP contribution >= 0.6 is 0 Å². The summed E-state index contributed by atoms with van der Waals surface area (Å²) in [7, 11) is 0. The van der Waals surface area contributed by atoms with E-state index in [4.69, 9.17) is 9.84 Å². The van der Waals surface area contributed by atoms with E-state index in [2.05, 4.69) is 9.97 Å². The van der Waals surface area contributed by atoms with E-state index in [1.807, 2.05) is 0 Å². The molecule has 1 N–H and O–H groups in total. The first-order valence-corrected chi connectivity index (χ1v) is 4.13. The number of hydrogen-bond donors (Lipinski definition) is 1. The van der Waals surface area contributed by atoms with E-state index in [0.717, 1.165) is 6.20 Å². The molecule has 0 spiro atoms. The average Bonchev–Trinajstić information content (AvgIpc) is 2.02. The number of ether oxygens (including phenoxy) is 1. The number of esters is 1. The van der Waals surface area contributed by atoms with Crippen LogP contribution in [0, 0.1) is 0 Å². The van der Waals surface area contributed by atoms with Gasteiger partial charge in [-0.1, -0.05) is 0 Å². The number of rotatable bonds is 1. The first kappa shape index (κ1) is 10.4. The molecule has 0 atom stereocenters. The molecular formula is C9H12N2O3. The van der Waals surface area contributed by atoms with Crippen molar-refractivity contribution in [2.45, 2.75) is 26.4 Å². The summed E-state index contributed by atoms with van der Waals surface area (Å²) in [5, 5.41) is 8.85. The van der Waals surface area contributed by atoms with Gasteiger partial charge < -0.3 is 9.84 Å². The van der Waals surface area contributed by atoms with Crippen molar-refractivity contribution in [1.29, 1.82) is 0 Å². The van der Waals surface area contributed by atoms with Gasteiger partial charge in [0, 0.05) is 0 Å². The van der Waals surface area contributed by atoms with Crippen molar-refractivity contribution < 1.29 is 14.6 Å². The highest BCUT2D eigenvalue weighted by atomic mass is 16.6. The van der Waals surface area contributed by atoms with Gasteiger partial charge in [-0.25, -0.2) is 14.8 Å². The zero-order valence-corrected chi connectivity index (χ0v) is 8.31. The number of nitrogens with zero attached hydrogens (tertiary/aromatic N) is 2. The highest BCUT2D eigenvalue weighted by molar-refractivity contribution is 5.87. The molecule has 0 aliphatic rings. The monoisotopic (exact) mass is 196 g/mol. The SMILES string of the molecule is CC(C)(C)OC(=O)c1cnc(O)cn1. The number of carbonyl (C=O) groups excluding carboxylic acids is 1. The Hall–Kier alpha value is -1.65. The van der Waals surface area contributed by atoms with Gasteiger partial charge in [-0.2, -0.15) is 0 Å². The van der Waals surface area contributed by atoms with Gasteiger partial charge in [0.05, 0.1) is 12.4 Å². The molecule has 0 saturated heterocycles. The molecule has 1 aromatic rings. The molecule has 76 valence electrons. The quantitative estimate of drug-likeness (QED) is 0.682. The first-order valence-electron chi connectivity index (χ1n) is 4.13. The van der Waals surface area contributed by atoms with Gasteiger partial charge in [0.25, 0.3) is 0 Å². The predicted octanol–water partition coefficient (Wildman–Crippen LogP) is 1.14. The third kappa shape index (κ3) is 3.01. The molecule has 0 aliphatic heterocycles. The van der Waals surface area contributed by atoms with Crippen molar-refractivity contribution in [3.8, 4) is 5.88 Å².